The van der Waals surface area contributed by atoms with Crippen LogP contribution in [-0.2, 0) is 4.74 Å². The number of aliphatic hydroxyl groups is 1. The summed E-state index contributed by atoms with van der Waals surface area (Å²) < 4.78 is 35.5. The van der Waals surface area contributed by atoms with Gasteiger partial charge in [0.1, 0.15) is 11.6 Å². The van der Waals surface area contributed by atoms with Crippen LogP contribution in [0, 0.1) is 11.6 Å². The van der Waals surface area contributed by atoms with Crippen LogP contribution in [0.25, 0.3) is 0 Å². The van der Waals surface area contributed by atoms with Crippen molar-refractivity contribution in [3.05, 3.63) is 93.2 Å². The van der Waals surface area contributed by atoms with Gasteiger partial charge in [-0.3, -0.25) is 4.79 Å². The van der Waals surface area contributed by atoms with Crippen molar-refractivity contribution < 1.29 is 18.6 Å². The predicted octanol–water partition coefficient (Wildman–Crippen LogP) is 3.97. The molecular weight excluding hydrogens is 452 g/mol. The maximum atomic E-state index is 15.2. The number of aliphatic imine (C=N–C) groups is 1. The average Bonchev–Trinajstić information content (AvgIpc) is 2.80. The lowest BCUT2D eigenvalue weighted by atomic mass is 10.1. The van der Waals surface area contributed by atoms with Crippen molar-refractivity contribution in [2.75, 3.05) is 19.8 Å². The number of ether oxygens (including phenoxy) is 1. The minimum absolute atomic E-state index is 0.0109. The van der Waals surface area contributed by atoms with Crippen LogP contribution in [0.3, 0.4) is 0 Å². The molecule has 9 heteroatoms. The Hall–Kier alpha value is -2.81. The normalized spacial score (nSPS) is 16.2. The second-order valence-electron chi connectivity index (χ2n) is 7.60. The maximum Gasteiger partial charge on any atom is 0.287 e. The van der Waals surface area contributed by atoms with Crippen molar-refractivity contribution >= 4 is 17.3 Å². The molecule has 1 saturated heterocycles. The number of nitrogens with one attached hydrogen (secondary N) is 1. The Morgan fingerprint density at radius 1 is 1.39 bits per heavy atom. The quantitative estimate of drug-likeness (QED) is 0.564. The van der Waals surface area contributed by atoms with E-state index < -0.39 is 29.8 Å². The molecule has 33 heavy (non-hydrogen) atoms. The lowest BCUT2D eigenvalue weighted by molar-refractivity contribution is 0.0803. The van der Waals surface area contributed by atoms with E-state index in [1.165, 1.54) is 24.4 Å². The molecule has 1 aliphatic heterocycles. The van der Waals surface area contributed by atoms with Gasteiger partial charge in [-0.2, -0.15) is 0 Å². The predicted molar refractivity (Wildman–Crippen MR) is 125 cm³/mol. The minimum atomic E-state index is -1.04. The minimum Gasteiger partial charge on any atom is -0.394 e. The van der Waals surface area contributed by atoms with E-state index in [0.29, 0.717) is 19.0 Å². The van der Waals surface area contributed by atoms with Gasteiger partial charge in [0.2, 0.25) is 0 Å². The third-order valence-corrected chi connectivity index (χ3v) is 5.65. The van der Waals surface area contributed by atoms with Gasteiger partial charge in [-0.1, -0.05) is 30.3 Å². The highest BCUT2D eigenvalue weighted by Gasteiger charge is 2.21. The largest absolute Gasteiger partial charge is 0.394 e. The van der Waals surface area contributed by atoms with Crippen molar-refractivity contribution in [1.82, 2.24) is 9.88 Å². The number of halogens is 3. The van der Waals surface area contributed by atoms with E-state index >= 15 is 4.39 Å². The molecule has 1 aliphatic rings. The van der Waals surface area contributed by atoms with E-state index in [0.717, 1.165) is 23.5 Å². The number of aromatic nitrogens is 1. The summed E-state index contributed by atoms with van der Waals surface area (Å²) in [7, 11) is 0. The molecule has 0 bridgehead atoms. The Bertz CT molecular complexity index is 1120. The molecule has 0 spiro atoms. The number of rotatable bonds is 8. The van der Waals surface area contributed by atoms with Gasteiger partial charge in [-0.15, -0.1) is 0 Å². The Morgan fingerprint density at radius 2 is 2.12 bits per heavy atom. The molecule has 2 heterocycles. The van der Waals surface area contributed by atoms with Crippen LogP contribution >= 0.6 is 11.6 Å². The van der Waals surface area contributed by atoms with Crippen LogP contribution in [0.2, 0.25) is 5.02 Å². The van der Waals surface area contributed by atoms with Crippen molar-refractivity contribution in [3.63, 3.8) is 0 Å². The first-order valence-corrected chi connectivity index (χ1v) is 10.9. The molecule has 1 unspecified atom stereocenters. The number of pyridine rings is 1. The molecule has 0 radical (unpaired) electrons. The molecule has 2 N–H and O–H groups in total. The Balaban J connectivity index is 1.94. The summed E-state index contributed by atoms with van der Waals surface area (Å²) in [5.41, 5.74) is -0.475. The van der Waals surface area contributed by atoms with Crippen LogP contribution in [0.1, 0.15) is 36.9 Å². The van der Waals surface area contributed by atoms with E-state index in [1.54, 1.807) is 19.1 Å². The third kappa shape index (κ3) is 5.96. The van der Waals surface area contributed by atoms with Gasteiger partial charge >= 0.3 is 0 Å². The fourth-order valence-electron chi connectivity index (χ4n) is 3.64. The van der Waals surface area contributed by atoms with Crippen molar-refractivity contribution in [3.8, 4) is 0 Å². The molecular formula is C24H26ClF2N3O3. The van der Waals surface area contributed by atoms with Crippen molar-refractivity contribution in [1.29, 1.82) is 0 Å². The zero-order valence-electron chi connectivity index (χ0n) is 18.2. The first-order valence-electron chi connectivity index (χ1n) is 10.6. The molecule has 0 aliphatic carbocycles. The van der Waals surface area contributed by atoms with Crippen LogP contribution < -0.4 is 10.9 Å². The first kappa shape index (κ1) is 24.8. The van der Waals surface area contributed by atoms with Crippen molar-refractivity contribution in [2.24, 2.45) is 4.99 Å². The zero-order valence-corrected chi connectivity index (χ0v) is 19.0. The van der Waals surface area contributed by atoms with Crippen molar-refractivity contribution in [2.45, 2.75) is 31.8 Å². The fraction of sp³-hybridized carbons (Fsp3) is 0.333. The summed E-state index contributed by atoms with van der Waals surface area (Å²) in [6.07, 6.45) is 6.23. The van der Waals surface area contributed by atoms with Crippen LogP contribution in [0.4, 0.5) is 8.78 Å². The summed E-state index contributed by atoms with van der Waals surface area (Å²) in [6.45, 7) is 6.41. The number of allylic oxidation sites excluding steroid dienone is 2. The fourth-order valence-corrected chi connectivity index (χ4v) is 3.76. The first-order chi connectivity index (χ1) is 15.8. The molecule has 6 nitrogen and oxygen atoms in total. The lowest BCUT2D eigenvalue weighted by Gasteiger charge is -2.24. The van der Waals surface area contributed by atoms with E-state index in [1.807, 2.05) is 0 Å². The smallest absolute Gasteiger partial charge is 0.287 e. The van der Waals surface area contributed by atoms with E-state index in [4.69, 9.17) is 16.3 Å². The molecule has 2 aromatic rings. The molecule has 1 atom stereocenters. The highest BCUT2D eigenvalue weighted by atomic mass is 35.5. The topological polar surface area (TPSA) is 75.8 Å². The monoisotopic (exact) mass is 477 g/mol. The van der Waals surface area contributed by atoms with Gasteiger partial charge in [0.15, 0.2) is 5.82 Å². The summed E-state index contributed by atoms with van der Waals surface area (Å²) in [6, 6.07) is 4.47. The van der Waals surface area contributed by atoms with Gasteiger partial charge in [-0.05, 0) is 49.6 Å². The van der Waals surface area contributed by atoms with Crippen LogP contribution in [0.5, 0.6) is 0 Å². The third-order valence-electron chi connectivity index (χ3n) is 5.35. The number of benzene rings is 1. The van der Waals surface area contributed by atoms with E-state index in [2.05, 4.69) is 16.9 Å². The molecule has 0 amide bonds. The second kappa shape index (κ2) is 11.4. The SMILES string of the molecule is C=C(/N=C(\C=C/C)c1ccn(C(CO)c2ccc(Cl)c(F)c2)c(=O)c1F)NC1CCOCC1. The average molecular weight is 478 g/mol. The molecule has 176 valence electrons. The van der Waals surface area contributed by atoms with Crippen LogP contribution in [0.15, 0.2) is 64.8 Å². The Kier molecular flexibility index (Phi) is 8.55. The van der Waals surface area contributed by atoms with Gasteiger partial charge in [0.25, 0.3) is 5.56 Å². The van der Waals surface area contributed by atoms with E-state index in [9.17, 15) is 14.3 Å². The summed E-state index contributed by atoms with van der Waals surface area (Å²) >= 11 is 5.72. The summed E-state index contributed by atoms with van der Waals surface area (Å²) in [5, 5.41) is 13.0. The molecule has 3 rings (SSSR count). The van der Waals surface area contributed by atoms with E-state index in [-0.39, 0.29) is 27.9 Å². The lowest BCUT2D eigenvalue weighted by Crippen LogP contribution is -2.34. The Labute approximate surface area is 195 Å². The number of hydrogen-bond acceptors (Lipinski definition) is 5. The van der Waals surface area contributed by atoms with Gasteiger partial charge in [-0.25, -0.2) is 13.8 Å². The molecule has 1 aromatic heterocycles. The summed E-state index contributed by atoms with van der Waals surface area (Å²) in [4.78, 5) is 17.2. The van der Waals surface area contributed by atoms with Gasteiger partial charge < -0.3 is 19.7 Å². The highest BCUT2D eigenvalue weighted by molar-refractivity contribution is 6.30. The maximum absolute atomic E-state index is 15.2. The Morgan fingerprint density at radius 3 is 2.76 bits per heavy atom. The number of aliphatic hydroxyl groups excluding tert-OH is 1. The molecule has 1 aromatic carbocycles. The summed E-state index contributed by atoms with van der Waals surface area (Å²) in [5.74, 6) is -1.39. The van der Waals surface area contributed by atoms with Gasteiger partial charge in [0, 0.05) is 31.0 Å². The standard InChI is InChI=1S/C24H26ClF2N3O3/c1-3-4-21(29-15(2)28-17-8-11-33-12-9-17)18-7-10-30(24(32)23(18)27)22(14-31)16-5-6-19(25)20(26)13-16/h3-7,10,13,17,22,28,31H,2,8-9,11-12,14H2,1H3/b4-3-,29-21+. The molecule has 0 saturated carbocycles. The highest BCUT2D eigenvalue weighted by Crippen LogP contribution is 2.23. The second-order valence-corrected chi connectivity index (χ2v) is 8.01. The number of hydrogen-bond donors (Lipinski definition) is 2. The van der Waals surface area contributed by atoms with Crippen LogP contribution in [-0.4, -0.2) is 41.2 Å². The zero-order chi connectivity index (χ0) is 24.0. The number of nitrogens with zero attached hydrogens (tertiary/aromatic N) is 2. The molecule has 1 fully saturated rings. The van der Waals surface area contributed by atoms with Gasteiger partial charge in [0.05, 0.1) is 23.4 Å².